The van der Waals surface area contributed by atoms with E-state index in [4.69, 9.17) is 16.3 Å². The van der Waals surface area contributed by atoms with Crippen LogP contribution in [0, 0.1) is 10.1 Å². The Morgan fingerprint density at radius 2 is 2.00 bits per heavy atom. The Labute approximate surface area is 197 Å². The van der Waals surface area contributed by atoms with Gasteiger partial charge < -0.3 is 15.0 Å². The molecule has 0 radical (unpaired) electrons. The van der Waals surface area contributed by atoms with Gasteiger partial charge in [0.05, 0.1) is 17.4 Å². The Hall–Kier alpha value is -2.78. The summed E-state index contributed by atoms with van der Waals surface area (Å²) in [6.07, 6.45) is 2.12. The van der Waals surface area contributed by atoms with E-state index < -0.39 is 16.3 Å². The molecule has 1 aromatic carbocycles. The summed E-state index contributed by atoms with van der Waals surface area (Å²) in [5, 5.41) is 15.7. The average Bonchev–Trinajstić information content (AvgIpc) is 2.77. The predicted octanol–water partition coefficient (Wildman–Crippen LogP) is 3.21. The summed E-state index contributed by atoms with van der Waals surface area (Å²) < 4.78 is 5.22. The van der Waals surface area contributed by atoms with Gasteiger partial charge in [-0.2, -0.15) is 4.98 Å². The van der Waals surface area contributed by atoms with Crippen LogP contribution in [0.15, 0.2) is 24.3 Å². The van der Waals surface area contributed by atoms with Crippen molar-refractivity contribution in [3.63, 3.8) is 0 Å². The van der Waals surface area contributed by atoms with Gasteiger partial charge in [0.2, 0.25) is 11.1 Å². The molecule has 0 amide bonds. The Kier molecular flexibility index (Phi) is 6.54. The van der Waals surface area contributed by atoms with Crippen LogP contribution in [0.2, 0.25) is 5.28 Å². The van der Waals surface area contributed by atoms with Crippen molar-refractivity contribution in [2.45, 2.75) is 57.0 Å². The number of anilines is 1. The number of aromatic nitrogens is 2. The number of esters is 1. The number of nitrogens with zero attached hydrogens (tertiary/aromatic N) is 4. The van der Waals surface area contributed by atoms with E-state index in [0.29, 0.717) is 19.5 Å². The molecule has 2 heterocycles. The number of ether oxygens (including phenoxy) is 1. The quantitative estimate of drug-likeness (QED) is 0.305. The van der Waals surface area contributed by atoms with Crippen molar-refractivity contribution in [1.29, 1.82) is 0 Å². The number of hydrogen-bond donors (Lipinski definition) is 1. The fourth-order valence-corrected chi connectivity index (χ4v) is 5.54. The summed E-state index contributed by atoms with van der Waals surface area (Å²) in [4.78, 5) is 35.5. The molecule has 0 bridgehead atoms. The molecule has 2 aliphatic rings. The normalized spacial score (nSPS) is 24.8. The molecule has 4 rings (SSSR count). The lowest BCUT2D eigenvalue weighted by molar-refractivity contribution is -0.385. The molecule has 1 aliphatic carbocycles. The maximum absolute atomic E-state index is 13.2. The molecule has 1 N–H and O–H groups in total. The predicted molar refractivity (Wildman–Crippen MR) is 125 cm³/mol. The van der Waals surface area contributed by atoms with Gasteiger partial charge >= 0.3 is 11.7 Å². The summed E-state index contributed by atoms with van der Waals surface area (Å²) in [6, 6.07) is 7.94. The third-order valence-corrected chi connectivity index (χ3v) is 6.75. The average molecular weight is 474 g/mol. The second-order valence-electron chi connectivity index (χ2n) is 9.00. The molecular weight excluding hydrogens is 446 g/mol. The van der Waals surface area contributed by atoms with Crippen molar-refractivity contribution in [1.82, 2.24) is 15.3 Å². The van der Waals surface area contributed by atoms with Crippen LogP contribution < -0.4 is 10.2 Å². The first-order valence-corrected chi connectivity index (χ1v) is 11.5. The lowest BCUT2D eigenvalue weighted by atomic mass is 9.67. The van der Waals surface area contributed by atoms with Crippen LogP contribution in [0.3, 0.4) is 0 Å². The first-order valence-electron chi connectivity index (χ1n) is 11.1. The zero-order valence-electron chi connectivity index (χ0n) is 19.0. The van der Waals surface area contributed by atoms with Gasteiger partial charge in [-0.05, 0) is 55.8 Å². The molecule has 33 heavy (non-hydrogen) atoms. The highest BCUT2D eigenvalue weighted by Gasteiger charge is 2.47. The van der Waals surface area contributed by atoms with Gasteiger partial charge in [-0.3, -0.25) is 14.9 Å². The van der Waals surface area contributed by atoms with Crippen molar-refractivity contribution >= 4 is 29.1 Å². The van der Waals surface area contributed by atoms with Crippen LogP contribution in [0.1, 0.15) is 43.5 Å². The third kappa shape index (κ3) is 4.39. The minimum atomic E-state index is -1.08. The summed E-state index contributed by atoms with van der Waals surface area (Å²) in [7, 11) is 1.34. The summed E-state index contributed by atoms with van der Waals surface area (Å²) in [5.74, 6) is -0.232. The highest BCUT2D eigenvalue weighted by Crippen LogP contribution is 2.43. The molecule has 1 aliphatic heterocycles. The molecule has 2 aromatic rings. The zero-order valence-corrected chi connectivity index (χ0v) is 19.8. The maximum Gasteiger partial charge on any atom is 0.332 e. The molecule has 3 atom stereocenters. The van der Waals surface area contributed by atoms with Gasteiger partial charge in [0.15, 0.2) is 0 Å². The topological polar surface area (TPSA) is 110 Å². The van der Waals surface area contributed by atoms with Gasteiger partial charge in [-0.1, -0.05) is 24.3 Å². The highest BCUT2D eigenvalue weighted by molar-refractivity contribution is 6.28. The fourth-order valence-electron chi connectivity index (χ4n) is 5.36. The molecule has 1 aromatic heterocycles. The van der Waals surface area contributed by atoms with E-state index in [-0.39, 0.29) is 41.0 Å². The SMILES string of the molecule is COC(=O)C1(Cc2nc(Cl)nc(N3C[C@@H](C)N[C@@H](C)C3)c2[N+](=O)[O-])CCCc2ccccc21. The number of halogens is 1. The number of carbonyl (C=O) groups excluding carboxylic acids is 1. The molecule has 0 saturated carbocycles. The maximum atomic E-state index is 13.2. The molecule has 0 spiro atoms. The van der Waals surface area contributed by atoms with Crippen molar-refractivity contribution in [2.24, 2.45) is 0 Å². The van der Waals surface area contributed by atoms with E-state index in [2.05, 4.69) is 15.3 Å². The second kappa shape index (κ2) is 9.23. The molecule has 1 fully saturated rings. The largest absolute Gasteiger partial charge is 0.468 e. The van der Waals surface area contributed by atoms with E-state index in [1.807, 2.05) is 43.0 Å². The lowest BCUT2D eigenvalue weighted by Gasteiger charge is -2.38. The second-order valence-corrected chi connectivity index (χ2v) is 9.34. The smallest absolute Gasteiger partial charge is 0.332 e. The van der Waals surface area contributed by atoms with Crippen LogP contribution >= 0.6 is 11.6 Å². The number of hydrogen-bond acceptors (Lipinski definition) is 8. The van der Waals surface area contributed by atoms with E-state index >= 15 is 0 Å². The van der Waals surface area contributed by atoms with Gasteiger partial charge in [0, 0.05) is 31.6 Å². The van der Waals surface area contributed by atoms with Crippen molar-refractivity contribution in [3.05, 3.63) is 56.5 Å². The molecular formula is C23H28ClN5O4. The fraction of sp³-hybridized carbons (Fsp3) is 0.522. The van der Waals surface area contributed by atoms with Gasteiger partial charge in [0.1, 0.15) is 5.69 Å². The monoisotopic (exact) mass is 473 g/mol. The van der Waals surface area contributed by atoms with Gasteiger partial charge in [0.25, 0.3) is 0 Å². The number of nitrogens with one attached hydrogen (secondary N) is 1. The Morgan fingerprint density at radius 1 is 1.30 bits per heavy atom. The van der Waals surface area contributed by atoms with Crippen LogP contribution in [-0.4, -0.2) is 53.1 Å². The Balaban J connectivity index is 1.86. The van der Waals surface area contributed by atoms with E-state index in [9.17, 15) is 14.9 Å². The Bertz CT molecular complexity index is 1070. The number of benzene rings is 1. The van der Waals surface area contributed by atoms with Crippen LogP contribution in [-0.2, 0) is 27.8 Å². The van der Waals surface area contributed by atoms with Gasteiger partial charge in [-0.15, -0.1) is 0 Å². The van der Waals surface area contributed by atoms with Crippen molar-refractivity contribution in [2.75, 3.05) is 25.1 Å². The minimum Gasteiger partial charge on any atom is -0.468 e. The minimum absolute atomic E-state index is 0.0133. The lowest BCUT2D eigenvalue weighted by Crippen LogP contribution is -2.54. The number of rotatable bonds is 5. The number of aryl methyl sites for hydroxylation is 1. The zero-order chi connectivity index (χ0) is 23.8. The van der Waals surface area contributed by atoms with Crippen molar-refractivity contribution in [3.8, 4) is 0 Å². The number of nitro groups is 1. The van der Waals surface area contributed by atoms with E-state index in [0.717, 1.165) is 24.0 Å². The first kappa shape index (κ1) is 23.4. The standard InChI is InChI=1S/C23H28ClN5O4/c1-14-12-28(13-15(2)25-14)20-19(29(31)32)18(26-22(24)27-20)11-23(21(30)33-3)10-6-8-16-7-4-5-9-17(16)23/h4-5,7,9,14-15,25H,6,8,10-13H2,1-3H3/t14-,15+,23?. The van der Waals surface area contributed by atoms with Crippen molar-refractivity contribution < 1.29 is 14.5 Å². The summed E-state index contributed by atoms with van der Waals surface area (Å²) >= 11 is 6.29. The number of carbonyl (C=O) groups is 1. The number of methoxy groups -OCH3 is 1. The van der Waals surface area contributed by atoms with Crippen LogP contribution in [0.4, 0.5) is 11.5 Å². The molecule has 9 nitrogen and oxygen atoms in total. The Morgan fingerprint density at radius 3 is 2.67 bits per heavy atom. The summed E-state index contributed by atoms with van der Waals surface area (Å²) in [6.45, 7) is 5.12. The number of fused-ring (bicyclic) bond motifs is 1. The molecule has 176 valence electrons. The number of piperazine rings is 1. The van der Waals surface area contributed by atoms with E-state index in [1.54, 1.807) is 0 Å². The van der Waals surface area contributed by atoms with Crippen LogP contribution in [0.25, 0.3) is 0 Å². The van der Waals surface area contributed by atoms with Gasteiger partial charge in [-0.25, -0.2) is 4.98 Å². The summed E-state index contributed by atoms with van der Waals surface area (Å²) in [5.41, 5.74) is 0.746. The first-order chi connectivity index (χ1) is 15.7. The third-order valence-electron chi connectivity index (χ3n) is 6.58. The van der Waals surface area contributed by atoms with Crippen LogP contribution in [0.5, 0.6) is 0 Å². The molecule has 1 saturated heterocycles. The molecule has 10 heteroatoms. The van der Waals surface area contributed by atoms with E-state index in [1.165, 1.54) is 7.11 Å². The highest BCUT2D eigenvalue weighted by atomic mass is 35.5. The molecule has 1 unspecified atom stereocenters.